The number of nitrogens with one attached hydrogen (secondary N) is 2. The molecule has 0 spiro atoms. The van der Waals surface area contributed by atoms with E-state index in [4.69, 9.17) is 4.74 Å². The van der Waals surface area contributed by atoms with Gasteiger partial charge in [-0.2, -0.15) is 0 Å². The average molecular weight is 355 g/mol. The lowest BCUT2D eigenvalue weighted by Gasteiger charge is -2.20. The first kappa shape index (κ1) is 19.4. The number of aromatic nitrogens is 1. The first-order valence-electron chi connectivity index (χ1n) is 8.58. The van der Waals surface area contributed by atoms with E-state index in [1.54, 1.807) is 18.2 Å². The second-order valence-corrected chi connectivity index (χ2v) is 6.55. The van der Waals surface area contributed by atoms with Crippen LogP contribution in [0.25, 0.3) is 0 Å². The van der Waals surface area contributed by atoms with E-state index in [-0.39, 0.29) is 17.7 Å². The Bertz CT molecular complexity index is 757. The van der Waals surface area contributed by atoms with Gasteiger partial charge in [0.1, 0.15) is 6.04 Å². The van der Waals surface area contributed by atoms with E-state index >= 15 is 0 Å². The minimum absolute atomic E-state index is 0.247. The number of carbonyl (C=O) groups is 2. The fourth-order valence-corrected chi connectivity index (χ4v) is 2.57. The van der Waals surface area contributed by atoms with Crippen LogP contribution in [-0.4, -0.2) is 29.9 Å². The molecule has 0 aliphatic carbocycles. The second-order valence-electron chi connectivity index (χ2n) is 6.55. The molecule has 1 atom stereocenters. The SMILES string of the molecule is COc1ccc(NC(=O)[C@H](CC(C)C)NC(=O)c2ccccc2C)cn1. The van der Waals surface area contributed by atoms with E-state index in [0.717, 1.165) is 5.56 Å². The van der Waals surface area contributed by atoms with Crippen molar-refractivity contribution >= 4 is 17.5 Å². The van der Waals surface area contributed by atoms with Crippen molar-refractivity contribution < 1.29 is 14.3 Å². The van der Waals surface area contributed by atoms with Crippen molar-refractivity contribution in [2.75, 3.05) is 12.4 Å². The molecule has 6 nitrogen and oxygen atoms in total. The van der Waals surface area contributed by atoms with Gasteiger partial charge in [-0.3, -0.25) is 9.59 Å². The number of amides is 2. The van der Waals surface area contributed by atoms with Gasteiger partial charge >= 0.3 is 0 Å². The first-order valence-corrected chi connectivity index (χ1v) is 8.58. The highest BCUT2D eigenvalue weighted by Gasteiger charge is 2.23. The molecule has 0 fully saturated rings. The summed E-state index contributed by atoms with van der Waals surface area (Å²) in [6, 6.07) is 10.0. The highest BCUT2D eigenvalue weighted by atomic mass is 16.5. The van der Waals surface area contributed by atoms with Crippen LogP contribution in [0.4, 0.5) is 5.69 Å². The van der Waals surface area contributed by atoms with Crippen LogP contribution < -0.4 is 15.4 Å². The standard InChI is InChI=1S/C20H25N3O3/c1-13(2)11-17(23-19(24)16-8-6-5-7-14(16)3)20(25)22-15-9-10-18(26-4)21-12-15/h5-10,12-13,17H,11H2,1-4H3,(H,22,25)(H,23,24)/t17-/m0/s1. The van der Waals surface area contributed by atoms with E-state index in [2.05, 4.69) is 15.6 Å². The molecular formula is C20H25N3O3. The van der Waals surface area contributed by atoms with Crippen LogP contribution in [-0.2, 0) is 4.79 Å². The lowest BCUT2D eigenvalue weighted by molar-refractivity contribution is -0.118. The topological polar surface area (TPSA) is 80.3 Å². The summed E-state index contributed by atoms with van der Waals surface area (Å²) in [6.07, 6.45) is 2.05. The van der Waals surface area contributed by atoms with Gasteiger partial charge in [-0.1, -0.05) is 32.0 Å². The number of aryl methyl sites for hydroxylation is 1. The third-order valence-electron chi connectivity index (χ3n) is 3.93. The molecule has 0 saturated carbocycles. The zero-order chi connectivity index (χ0) is 19.1. The molecule has 0 unspecified atom stereocenters. The van der Waals surface area contributed by atoms with E-state index in [1.807, 2.05) is 39.0 Å². The van der Waals surface area contributed by atoms with Gasteiger partial charge < -0.3 is 15.4 Å². The molecule has 26 heavy (non-hydrogen) atoms. The molecule has 1 aromatic heterocycles. The summed E-state index contributed by atoms with van der Waals surface area (Å²) in [5.74, 6) is 0.191. The fraction of sp³-hybridized carbons (Fsp3) is 0.350. The van der Waals surface area contributed by atoms with Crippen molar-refractivity contribution in [3.05, 3.63) is 53.7 Å². The monoisotopic (exact) mass is 355 g/mol. The maximum absolute atomic E-state index is 12.7. The highest BCUT2D eigenvalue weighted by Crippen LogP contribution is 2.14. The molecule has 0 aliphatic heterocycles. The maximum Gasteiger partial charge on any atom is 0.252 e. The fourth-order valence-electron chi connectivity index (χ4n) is 2.57. The third kappa shape index (κ3) is 5.31. The molecule has 1 heterocycles. The van der Waals surface area contributed by atoms with Crippen LogP contribution in [0.1, 0.15) is 36.2 Å². The summed E-state index contributed by atoms with van der Waals surface area (Å²) in [6.45, 7) is 5.89. The summed E-state index contributed by atoms with van der Waals surface area (Å²) in [5, 5.41) is 5.65. The van der Waals surface area contributed by atoms with Gasteiger partial charge in [0.05, 0.1) is 19.0 Å². The molecule has 2 amide bonds. The Kier molecular flexibility index (Phi) is 6.72. The number of hydrogen-bond donors (Lipinski definition) is 2. The summed E-state index contributed by atoms with van der Waals surface area (Å²) in [7, 11) is 1.53. The lowest BCUT2D eigenvalue weighted by Crippen LogP contribution is -2.44. The van der Waals surface area contributed by atoms with E-state index in [1.165, 1.54) is 13.3 Å². The van der Waals surface area contributed by atoms with Gasteiger partial charge in [0, 0.05) is 11.6 Å². The number of carbonyl (C=O) groups excluding carboxylic acids is 2. The number of ether oxygens (including phenoxy) is 1. The number of hydrogen-bond acceptors (Lipinski definition) is 4. The Morgan fingerprint density at radius 3 is 2.46 bits per heavy atom. The van der Waals surface area contributed by atoms with E-state index < -0.39 is 6.04 Å². The van der Waals surface area contributed by atoms with Crippen LogP contribution in [0.15, 0.2) is 42.6 Å². The molecule has 138 valence electrons. The number of anilines is 1. The molecule has 2 rings (SSSR count). The Labute approximate surface area is 154 Å². The van der Waals surface area contributed by atoms with Crippen molar-refractivity contribution in [3.63, 3.8) is 0 Å². The molecule has 0 saturated heterocycles. The second kappa shape index (κ2) is 8.99. The normalized spacial score (nSPS) is 11.7. The largest absolute Gasteiger partial charge is 0.481 e. The van der Waals surface area contributed by atoms with Crippen molar-refractivity contribution in [3.8, 4) is 5.88 Å². The predicted octanol–water partition coefficient (Wildman–Crippen LogP) is 3.18. The average Bonchev–Trinajstić information content (AvgIpc) is 2.61. The number of rotatable bonds is 7. The van der Waals surface area contributed by atoms with Crippen LogP contribution in [0.2, 0.25) is 0 Å². The predicted molar refractivity (Wildman–Crippen MR) is 101 cm³/mol. The van der Waals surface area contributed by atoms with Gasteiger partial charge in [0.2, 0.25) is 11.8 Å². The molecule has 1 aromatic carbocycles. The summed E-state index contributed by atoms with van der Waals surface area (Å²) >= 11 is 0. The van der Waals surface area contributed by atoms with Gasteiger partial charge in [-0.15, -0.1) is 0 Å². The lowest BCUT2D eigenvalue weighted by atomic mass is 10.0. The summed E-state index contributed by atoms with van der Waals surface area (Å²) in [5.41, 5.74) is 1.99. The zero-order valence-electron chi connectivity index (χ0n) is 15.6. The van der Waals surface area contributed by atoms with Crippen LogP contribution in [0, 0.1) is 12.8 Å². The Hall–Kier alpha value is -2.89. The number of methoxy groups -OCH3 is 1. The first-order chi connectivity index (χ1) is 12.4. The minimum Gasteiger partial charge on any atom is -0.481 e. The third-order valence-corrected chi connectivity index (χ3v) is 3.93. The molecule has 2 N–H and O–H groups in total. The van der Waals surface area contributed by atoms with Gasteiger partial charge in [-0.05, 0) is 37.0 Å². The number of pyridine rings is 1. The number of benzene rings is 1. The van der Waals surface area contributed by atoms with Gasteiger partial charge in [0.15, 0.2) is 0 Å². The maximum atomic E-state index is 12.7. The molecule has 0 radical (unpaired) electrons. The molecule has 0 aliphatic rings. The van der Waals surface area contributed by atoms with Gasteiger partial charge in [0.25, 0.3) is 5.91 Å². The quantitative estimate of drug-likeness (QED) is 0.799. The van der Waals surface area contributed by atoms with Gasteiger partial charge in [-0.25, -0.2) is 4.98 Å². The zero-order valence-corrected chi connectivity index (χ0v) is 15.6. The summed E-state index contributed by atoms with van der Waals surface area (Å²) in [4.78, 5) is 29.3. The Balaban J connectivity index is 2.11. The van der Waals surface area contributed by atoms with E-state index in [9.17, 15) is 9.59 Å². The summed E-state index contributed by atoms with van der Waals surface area (Å²) < 4.78 is 5.01. The van der Waals surface area contributed by atoms with Crippen molar-refractivity contribution in [1.29, 1.82) is 0 Å². The molecule has 6 heteroatoms. The van der Waals surface area contributed by atoms with Crippen LogP contribution in [0.5, 0.6) is 5.88 Å². The molecule has 0 bridgehead atoms. The number of nitrogens with zero attached hydrogens (tertiary/aromatic N) is 1. The molecule has 2 aromatic rings. The minimum atomic E-state index is -0.635. The Morgan fingerprint density at radius 1 is 1.15 bits per heavy atom. The smallest absolute Gasteiger partial charge is 0.252 e. The highest BCUT2D eigenvalue weighted by molar-refractivity contribution is 6.01. The van der Waals surface area contributed by atoms with Crippen LogP contribution >= 0.6 is 0 Å². The van der Waals surface area contributed by atoms with E-state index in [0.29, 0.717) is 23.6 Å². The van der Waals surface area contributed by atoms with Crippen molar-refractivity contribution in [2.24, 2.45) is 5.92 Å². The Morgan fingerprint density at radius 2 is 1.88 bits per heavy atom. The van der Waals surface area contributed by atoms with Crippen molar-refractivity contribution in [2.45, 2.75) is 33.2 Å². The van der Waals surface area contributed by atoms with Crippen molar-refractivity contribution in [1.82, 2.24) is 10.3 Å². The molecular weight excluding hydrogens is 330 g/mol. The van der Waals surface area contributed by atoms with Crippen LogP contribution in [0.3, 0.4) is 0 Å².